The van der Waals surface area contributed by atoms with Crippen LogP contribution in [0.15, 0.2) is 12.4 Å². The average molecular weight is 273 g/mol. The van der Waals surface area contributed by atoms with E-state index in [9.17, 15) is 0 Å². The van der Waals surface area contributed by atoms with Gasteiger partial charge in [0, 0.05) is 18.3 Å². The van der Waals surface area contributed by atoms with Gasteiger partial charge in [-0.15, -0.1) is 0 Å². The Morgan fingerprint density at radius 2 is 1.95 bits per heavy atom. The molecule has 20 heavy (non-hydrogen) atoms. The van der Waals surface area contributed by atoms with Crippen LogP contribution >= 0.6 is 0 Å². The van der Waals surface area contributed by atoms with E-state index >= 15 is 0 Å². The summed E-state index contributed by atoms with van der Waals surface area (Å²) in [5, 5.41) is 7.88. The fourth-order valence-electron chi connectivity index (χ4n) is 2.27. The van der Waals surface area contributed by atoms with E-state index in [0.29, 0.717) is 6.04 Å². The van der Waals surface area contributed by atoms with Gasteiger partial charge in [0.2, 0.25) is 0 Å². The van der Waals surface area contributed by atoms with Crippen molar-refractivity contribution in [3.8, 4) is 5.82 Å². The Bertz CT molecular complexity index is 569. The highest BCUT2D eigenvalue weighted by molar-refractivity contribution is 5.31. The maximum Gasteiger partial charge on any atom is 0.172 e. The predicted molar refractivity (Wildman–Crippen MR) is 80.0 cm³/mol. The summed E-state index contributed by atoms with van der Waals surface area (Å²) >= 11 is 0. The van der Waals surface area contributed by atoms with Crippen LogP contribution in [0.3, 0.4) is 0 Å². The fraction of sp³-hybridized carbons (Fsp3) is 0.533. The smallest absolute Gasteiger partial charge is 0.172 e. The van der Waals surface area contributed by atoms with Crippen molar-refractivity contribution in [1.29, 1.82) is 0 Å². The lowest BCUT2D eigenvalue weighted by molar-refractivity contribution is 0.579. The third-order valence-electron chi connectivity index (χ3n) is 3.39. The van der Waals surface area contributed by atoms with Crippen LogP contribution in [0.25, 0.3) is 5.82 Å². The predicted octanol–water partition coefficient (Wildman–Crippen LogP) is 2.34. The van der Waals surface area contributed by atoms with Crippen molar-refractivity contribution in [3.05, 3.63) is 35.0 Å². The molecule has 0 saturated carbocycles. The van der Waals surface area contributed by atoms with Gasteiger partial charge in [0.25, 0.3) is 0 Å². The Morgan fingerprint density at radius 1 is 1.20 bits per heavy atom. The number of nitrogens with zero attached hydrogens (tertiary/aromatic N) is 4. The van der Waals surface area contributed by atoms with Crippen molar-refractivity contribution < 1.29 is 0 Å². The SMILES string of the molecule is CCc1c(C)nn(-c2cnc(CNC(C)C)cn2)c1C. The molecule has 0 radical (unpaired) electrons. The van der Waals surface area contributed by atoms with Crippen molar-refractivity contribution in [2.24, 2.45) is 0 Å². The van der Waals surface area contributed by atoms with Gasteiger partial charge >= 0.3 is 0 Å². The summed E-state index contributed by atoms with van der Waals surface area (Å²) in [6.07, 6.45) is 4.59. The molecule has 0 aliphatic rings. The second-order valence-corrected chi connectivity index (χ2v) is 5.32. The lowest BCUT2D eigenvalue weighted by Gasteiger charge is -2.08. The van der Waals surface area contributed by atoms with E-state index < -0.39 is 0 Å². The third kappa shape index (κ3) is 3.04. The minimum atomic E-state index is 0.444. The maximum absolute atomic E-state index is 4.55. The molecule has 0 bridgehead atoms. The van der Waals surface area contributed by atoms with Crippen LogP contribution in [0.2, 0.25) is 0 Å². The van der Waals surface area contributed by atoms with Crippen LogP contribution in [-0.4, -0.2) is 25.8 Å². The molecule has 0 unspecified atom stereocenters. The molecule has 0 amide bonds. The highest BCUT2D eigenvalue weighted by Gasteiger charge is 2.12. The Hall–Kier alpha value is -1.75. The van der Waals surface area contributed by atoms with Crippen molar-refractivity contribution in [2.45, 2.75) is 53.6 Å². The standard InChI is InChI=1S/C15H23N5/c1-6-14-11(4)19-20(12(14)5)15-9-17-13(8-18-15)7-16-10(2)3/h8-10,16H,6-7H2,1-5H3. The third-order valence-corrected chi connectivity index (χ3v) is 3.39. The quantitative estimate of drug-likeness (QED) is 0.908. The fourth-order valence-corrected chi connectivity index (χ4v) is 2.27. The van der Waals surface area contributed by atoms with E-state index in [0.717, 1.165) is 35.9 Å². The molecule has 2 aromatic heterocycles. The van der Waals surface area contributed by atoms with Gasteiger partial charge in [0.1, 0.15) is 0 Å². The normalized spacial score (nSPS) is 11.3. The lowest BCUT2D eigenvalue weighted by atomic mass is 10.1. The van der Waals surface area contributed by atoms with Crippen LogP contribution in [-0.2, 0) is 13.0 Å². The van der Waals surface area contributed by atoms with E-state index in [1.54, 1.807) is 6.20 Å². The molecule has 5 heteroatoms. The van der Waals surface area contributed by atoms with Crippen LogP contribution in [0.4, 0.5) is 0 Å². The number of hydrogen-bond acceptors (Lipinski definition) is 4. The number of aryl methyl sites for hydroxylation is 1. The molecule has 2 heterocycles. The molecule has 0 saturated heterocycles. The number of aromatic nitrogens is 4. The summed E-state index contributed by atoms with van der Waals surface area (Å²) in [7, 11) is 0. The van der Waals surface area contributed by atoms with Gasteiger partial charge in [0.15, 0.2) is 5.82 Å². The van der Waals surface area contributed by atoms with E-state index in [1.807, 2.05) is 17.8 Å². The second kappa shape index (κ2) is 6.13. The topological polar surface area (TPSA) is 55.6 Å². The summed E-state index contributed by atoms with van der Waals surface area (Å²) in [5.41, 5.74) is 4.45. The summed E-state index contributed by atoms with van der Waals surface area (Å²) < 4.78 is 1.88. The van der Waals surface area contributed by atoms with Gasteiger partial charge in [-0.1, -0.05) is 20.8 Å². The zero-order chi connectivity index (χ0) is 14.7. The number of nitrogens with one attached hydrogen (secondary N) is 1. The molecule has 2 rings (SSSR count). The molecule has 0 fully saturated rings. The van der Waals surface area contributed by atoms with E-state index in [4.69, 9.17) is 0 Å². The maximum atomic E-state index is 4.55. The Balaban J connectivity index is 2.22. The molecule has 0 aromatic carbocycles. The van der Waals surface area contributed by atoms with Gasteiger partial charge < -0.3 is 5.32 Å². The summed E-state index contributed by atoms with van der Waals surface area (Å²) in [4.78, 5) is 8.92. The van der Waals surface area contributed by atoms with E-state index in [1.165, 1.54) is 5.56 Å². The monoisotopic (exact) mass is 273 g/mol. The van der Waals surface area contributed by atoms with Crippen LogP contribution in [0, 0.1) is 13.8 Å². The molecule has 0 aliphatic carbocycles. The summed E-state index contributed by atoms with van der Waals surface area (Å²) in [6, 6.07) is 0.444. The van der Waals surface area contributed by atoms with Crippen molar-refractivity contribution in [2.75, 3.05) is 0 Å². The molecular formula is C15H23N5. The second-order valence-electron chi connectivity index (χ2n) is 5.32. The van der Waals surface area contributed by atoms with Crippen molar-refractivity contribution in [3.63, 3.8) is 0 Å². The minimum absolute atomic E-state index is 0.444. The molecule has 0 spiro atoms. The zero-order valence-electron chi connectivity index (χ0n) is 12.9. The first kappa shape index (κ1) is 14.7. The van der Waals surface area contributed by atoms with Crippen LogP contribution in [0.5, 0.6) is 0 Å². The van der Waals surface area contributed by atoms with Crippen LogP contribution < -0.4 is 5.32 Å². The lowest BCUT2D eigenvalue weighted by Crippen LogP contribution is -2.22. The largest absolute Gasteiger partial charge is 0.309 e. The Kier molecular flexibility index (Phi) is 4.49. The highest BCUT2D eigenvalue weighted by atomic mass is 15.3. The first-order valence-corrected chi connectivity index (χ1v) is 7.12. The van der Waals surface area contributed by atoms with E-state index in [2.05, 4.69) is 48.1 Å². The summed E-state index contributed by atoms with van der Waals surface area (Å²) in [5.74, 6) is 0.776. The molecule has 1 N–H and O–H groups in total. The van der Waals surface area contributed by atoms with Crippen LogP contribution in [0.1, 0.15) is 43.4 Å². The molecular weight excluding hydrogens is 250 g/mol. The zero-order valence-corrected chi connectivity index (χ0v) is 12.9. The average Bonchev–Trinajstić information content (AvgIpc) is 2.72. The molecule has 0 aliphatic heterocycles. The molecule has 5 nitrogen and oxygen atoms in total. The Labute approximate surface area is 120 Å². The molecule has 2 aromatic rings. The number of hydrogen-bond donors (Lipinski definition) is 1. The Morgan fingerprint density at radius 3 is 2.45 bits per heavy atom. The van der Waals surface area contributed by atoms with Gasteiger partial charge in [0.05, 0.1) is 23.8 Å². The first-order valence-electron chi connectivity index (χ1n) is 7.12. The summed E-state index contributed by atoms with van der Waals surface area (Å²) in [6.45, 7) is 11.2. The molecule has 108 valence electrons. The van der Waals surface area contributed by atoms with Crippen molar-refractivity contribution in [1.82, 2.24) is 25.1 Å². The van der Waals surface area contributed by atoms with Gasteiger partial charge in [-0.3, -0.25) is 4.98 Å². The highest BCUT2D eigenvalue weighted by Crippen LogP contribution is 2.16. The van der Waals surface area contributed by atoms with E-state index in [-0.39, 0.29) is 0 Å². The van der Waals surface area contributed by atoms with Gasteiger partial charge in [-0.2, -0.15) is 5.10 Å². The van der Waals surface area contributed by atoms with Crippen molar-refractivity contribution >= 4 is 0 Å². The van der Waals surface area contributed by atoms with Gasteiger partial charge in [-0.25, -0.2) is 9.67 Å². The number of rotatable bonds is 5. The molecule has 0 atom stereocenters. The van der Waals surface area contributed by atoms with Gasteiger partial charge in [-0.05, 0) is 25.8 Å². The first-order chi connectivity index (χ1) is 9.52. The minimum Gasteiger partial charge on any atom is -0.309 e.